The first-order chi connectivity index (χ1) is 11.7. The number of aromatic amines is 1. The van der Waals surface area contributed by atoms with Crippen LogP contribution in [0.3, 0.4) is 0 Å². The lowest BCUT2D eigenvalue weighted by atomic mass is 9.99. The van der Waals surface area contributed by atoms with Gasteiger partial charge in [-0.1, -0.05) is 12.1 Å². The molecule has 0 unspecified atom stereocenters. The van der Waals surface area contributed by atoms with E-state index in [-0.39, 0.29) is 11.3 Å². The van der Waals surface area contributed by atoms with Crippen molar-refractivity contribution in [1.29, 1.82) is 0 Å². The Labute approximate surface area is 138 Å². The number of benzene rings is 1. The fraction of sp³-hybridized carbons (Fsp3) is 0.294. The monoisotopic (exact) mass is 326 g/mol. The van der Waals surface area contributed by atoms with Gasteiger partial charge < -0.3 is 20.0 Å². The summed E-state index contributed by atoms with van der Waals surface area (Å²) >= 11 is 0. The molecule has 1 aliphatic rings. The van der Waals surface area contributed by atoms with Crippen molar-refractivity contribution in [3.05, 3.63) is 57.8 Å². The molecule has 7 heteroatoms. The number of aryl methyl sites for hydroxylation is 1. The lowest BCUT2D eigenvalue weighted by molar-refractivity contribution is -0.106. The molecule has 1 amide bonds. The molecule has 1 aromatic heterocycles. The number of nitrogens with one attached hydrogen (secondary N) is 2. The van der Waals surface area contributed by atoms with Gasteiger partial charge in [0, 0.05) is 24.8 Å². The zero-order valence-electron chi connectivity index (χ0n) is 13.1. The van der Waals surface area contributed by atoms with E-state index < -0.39 is 5.91 Å². The molecule has 1 aliphatic heterocycles. The number of carbonyl (C=O) groups is 2. The molecule has 0 bridgehead atoms. The smallest absolute Gasteiger partial charge is 0.270 e. The Hall–Kier alpha value is -2.96. The highest BCUT2D eigenvalue weighted by atomic mass is 16.2. The molecule has 1 aromatic carbocycles. The maximum absolute atomic E-state index is 12.0. The number of fused-ring (bicyclic) bond motifs is 1. The molecule has 24 heavy (non-hydrogen) atoms. The number of H-pyrrole nitrogens is 1. The van der Waals surface area contributed by atoms with E-state index in [0.717, 1.165) is 43.0 Å². The number of rotatable bonds is 5. The maximum atomic E-state index is 12.0. The highest BCUT2D eigenvalue weighted by Gasteiger charge is 2.17. The lowest BCUT2D eigenvalue weighted by Crippen LogP contribution is -2.31. The summed E-state index contributed by atoms with van der Waals surface area (Å²) in [5.41, 5.74) is 2.92. The van der Waals surface area contributed by atoms with Crippen molar-refractivity contribution in [3.8, 4) is 0 Å². The van der Waals surface area contributed by atoms with Crippen LogP contribution < -0.4 is 15.8 Å². The quantitative estimate of drug-likeness (QED) is 0.787. The van der Waals surface area contributed by atoms with Gasteiger partial charge in [0.15, 0.2) is 0 Å². The van der Waals surface area contributed by atoms with Crippen molar-refractivity contribution in [3.63, 3.8) is 0 Å². The zero-order valence-corrected chi connectivity index (χ0v) is 13.1. The molecule has 0 saturated heterocycles. The third kappa shape index (κ3) is 3.51. The number of aromatic nitrogens is 2. The Morgan fingerprint density at radius 3 is 3.04 bits per heavy atom. The average molecular weight is 326 g/mol. The Balaban J connectivity index is 1.72. The van der Waals surface area contributed by atoms with E-state index in [1.807, 2.05) is 18.2 Å². The SMILES string of the molecule is O=CCN1CCCc2ccc(CNC(=O)c3cc(=O)[nH]cn3)cc21. The van der Waals surface area contributed by atoms with Gasteiger partial charge in [-0.2, -0.15) is 0 Å². The Bertz CT molecular complexity index is 815. The Kier molecular flexibility index (Phi) is 4.69. The topological polar surface area (TPSA) is 95.2 Å². The molecule has 0 atom stereocenters. The van der Waals surface area contributed by atoms with Gasteiger partial charge in [-0.15, -0.1) is 0 Å². The summed E-state index contributed by atoms with van der Waals surface area (Å²) in [7, 11) is 0. The number of aldehydes is 1. The summed E-state index contributed by atoms with van der Waals surface area (Å²) in [5.74, 6) is -0.399. The van der Waals surface area contributed by atoms with Gasteiger partial charge in [0.1, 0.15) is 12.0 Å². The minimum absolute atomic E-state index is 0.0827. The summed E-state index contributed by atoms with van der Waals surface area (Å²) in [6, 6.07) is 7.17. The van der Waals surface area contributed by atoms with E-state index in [9.17, 15) is 14.4 Å². The summed E-state index contributed by atoms with van der Waals surface area (Å²) in [4.78, 5) is 42.4. The van der Waals surface area contributed by atoms with Gasteiger partial charge in [-0.05, 0) is 30.0 Å². The van der Waals surface area contributed by atoms with Crippen LogP contribution >= 0.6 is 0 Å². The molecule has 0 saturated carbocycles. The molecule has 2 heterocycles. The molecule has 0 spiro atoms. The van der Waals surface area contributed by atoms with E-state index >= 15 is 0 Å². The summed E-state index contributed by atoms with van der Waals surface area (Å²) in [6.07, 6.45) is 4.13. The van der Waals surface area contributed by atoms with E-state index in [1.165, 1.54) is 11.9 Å². The van der Waals surface area contributed by atoms with Crippen molar-refractivity contribution in [1.82, 2.24) is 15.3 Å². The number of anilines is 1. The van der Waals surface area contributed by atoms with E-state index in [4.69, 9.17) is 0 Å². The van der Waals surface area contributed by atoms with Gasteiger partial charge in [-0.3, -0.25) is 9.59 Å². The number of nitrogens with zero attached hydrogens (tertiary/aromatic N) is 2. The first-order valence-corrected chi connectivity index (χ1v) is 7.80. The molecule has 0 radical (unpaired) electrons. The molecule has 0 fully saturated rings. The van der Waals surface area contributed by atoms with Crippen LogP contribution in [-0.4, -0.2) is 35.3 Å². The fourth-order valence-electron chi connectivity index (χ4n) is 2.85. The second kappa shape index (κ2) is 7.08. The van der Waals surface area contributed by atoms with Crippen LogP contribution in [0.5, 0.6) is 0 Å². The number of carbonyl (C=O) groups excluding carboxylic acids is 2. The largest absolute Gasteiger partial charge is 0.364 e. The minimum Gasteiger partial charge on any atom is -0.364 e. The molecule has 2 N–H and O–H groups in total. The van der Waals surface area contributed by atoms with Crippen LogP contribution in [-0.2, 0) is 17.8 Å². The van der Waals surface area contributed by atoms with Gasteiger partial charge in [0.05, 0.1) is 12.9 Å². The standard InChI is InChI=1S/C17H18N4O3/c22-7-6-21-5-1-2-13-4-3-12(8-15(13)21)10-18-17(24)14-9-16(23)20-11-19-14/h3-4,7-9,11H,1-2,5-6,10H2,(H,18,24)(H,19,20,23). The number of amides is 1. The highest BCUT2D eigenvalue weighted by molar-refractivity contribution is 5.92. The highest BCUT2D eigenvalue weighted by Crippen LogP contribution is 2.27. The van der Waals surface area contributed by atoms with E-state index in [0.29, 0.717) is 13.1 Å². The van der Waals surface area contributed by atoms with E-state index in [1.54, 1.807) is 0 Å². The molecule has 7 nitrogen and oxygen atoms in total. The third-order valence-electron chi connectivity index (χ3n) is 4.02. The van der Waals surface area contributed by atoms with Gasteiger partial charge in [0.25, 0.3) is 11.5 Å². The normalized spacial score (nSPS) is 13.2. The number of hydrogen-bond acceptors (Lipinski definition) is 5. The Morgan fingerprint density at radius 1 is 1.38 bits per heavy atom. The van der Waals surface area contributed by atoms with Crippen molar-refractivity contribution < 1.29 is 9.59 Å². The van der Waals surface area contributed by atoms with Crippen LogP contribution in [0.4, 0.5) is 5.69 Å². The van der Waals surface area contributed by atoms with Gasteiger partial charge >= 0.3 is 0 Å². The van der Waals surface area contributed by atoms with Crippen molar-refractivity contribution in [2.24, 2.45) is 0 Å². The fourth-order valence-corrected chi connectivity index (χ4v) is 2.85. The molecule has 124 valence electrons. The van der Waals surface area contributed by atoms with Gasteiger partial charge in [0.2, 0.25) is 0 Å². The lowest BCUT2D eigenvalue weighted by Gasteiger charge is -2.30. The molecular formula is C17H18N4O3. The molecular weight excluding hydrogens is 308 g/mol. The zero-order chi connectivity index (χ0) is 16.9. The van der Waals surface area contributed by atoms with Crippen LogP contribution in [0, 0.1) is 0 Å². The Morgan fingerprint density at radius 2 is 2.25 bits per heavy atom. The van der Waals surface area contributed by atoms with Crippen molar-refractivity contribution in [2.75, 3.05) is 18.0 Å². The predicted octanol–water partition coefficient (Wildman–Crippen LogP) is 0.651. The predicted molar refractivity (Wildman–Crippen MR) is 89.1 cm³/mol. The summed E-state index contributed by atoms with van der Waals surface area (Å²) in [6.45, 7) is 1.56. The van der Waals surface area contributed by atoms with Crippen LogP contribution in [0.2, 0.25) is 0 Å². The van der Waals surface area contributed by atoms with Gasteiger partial charge in [-0.25, -0.2) is 4.98 Å². The molecule has 3 rings (SSSR count). The average Bonchev–Trinajstić information content (AvgIpc) is 2.60. The van der Waals surface area contributed by atoms with Crippen LogP contribution in [0.1, 0.15) is 28.0 Å². The van der Waals surface area contributed by atoms with E-state index in [2.05, 4.69) is 20.2 Å². The van der Waals surface area contributed by atoms with Crippen LogP contribution in [0.25, 0.3) is 0 Å². The molecule has 2 aromatic rings. The molecule has 0 aliphatic carbocycles. The number of hydrogen-bond donors (Lipinski definition) is 2. The second-order valence-corrected chi connectivity index (χ2v) is 5.66. The maximum Gasteiger partial charge on any atom is 0.270 e. The second-order valence-electron chi connectivity index (χ2n) is 5.66. The summed E-state index contributed by atoms with van der Waals surface area (Å²) in [5, 5.41) is 2.75. The third-order valence-corrected chi connectivity index (χ3v) is 4.02. The summed E-state index contributed by atoms with van der Waals surface area (Å²) < 4.78 is 0. The van der Waals surface area contributed by atoms with Crippen molar-refractivity contribution >= 4 is 17.9 Å². The first kappa shape index (κ1) is 15.9. The van der Waals surface area contributed by atoms with Crippen molar-refractivity contribution in [2.45, 2.75) is 19.4 Å². The minimum atomic E-state index is -0.399. The first-order valence-electron chi connectivity index (χ1n) is 7.80. The van der Waals surface area contributed by atoms with Crippen LogP contribution in [0.15, 0.2) is 35.4 Å².